The van der Waals surface area contributed by atoms with Crippen molar-refractivity contribution in [1.29, 1.82) is 0 Å². The zero-order chi connectivity index (χ0) is 20.8. The van der Waals surface area contributed by atoms with Crippen LogP contribution in [0.1, 0.15) is 16.2 Å². The molecule has 8 heteroatoms. The quantitative estimate of drug-likeness (QED) is 0.454. The molecule has 7 nitrogen and oxygen atoms in total. The Bertz CT molecular complexity index is 1130. The van der Waals surface area contributed by atoms with E-state index in [0.29, 0.717) is 17.1 Å². The molecule has 4 rings (SSSR count). The molecule has 150 valence electrons. The largest absolute Gasteiger partial charge is 0.497 e. The maximum atomic E-state index is 12.5. The molecule has 1 amide bonds. The van der Waals surface area contributed by atoms with E-state index >= 15 is 0 Å². The van der Waals surface area contributed by atoms with Crippen molar-refractivity contribution in [1.82, 2.24) is 20.2 Å². The summed E-state index contributed by atoms with van der Waals surface area (Å²) in [4.78, 5) is 13.5. The van der Waals surface area contributed by atoms with Crippen LogP contribution in [0.2, 0.25) is 0 Å². The van der Waals surface area contributed by atoms with Gasteiger partial charge in [0.2, 0.25) is 0 Å². The van der Waals surface area contributed by atoms with Gasteiger partial charge in [-0.1, -0.05) is 24.3 Å². The van der Waals surface area contributed by atoms with Crippen molar-refractivity contribution in [2.45, 2.75) is 10.6 Å². The molecular weight excluding hydrogens is 398 g/mol. The Morgan fingerprint density at radius 1 is 1.03 bits per heavy atom. The van der Waals surface area contributed by atoms with E-state index in [1.165, 1.54) is 0 Å². The van der Waals surface area contributed by atoms with Gasteiger partial charge in [-0.25, -0.2) is 0 Å². The summed E-state index contributed by atoms with van der Waals surface area (Å²) in [6.07, 6.45) is 0. The molecule has 0 aliphatic heterocycles. The monoisotopic (exact) mass is 417 g/mol. The zero-order valence-electron chi connectivity index (χ0n) is 16.2. The molecule has 1 aromatic heterocycles. The number of carbonyl (C=O) groups excluding carboxylic acids is 1. The summed E-state index contributed by atoms with van der Waals surface area (Å²) in [6, 6.07) is 24.4. The number of hydrogen-bond donors (Lipinski definition) is 1. The van der Waals surface area contributed by atoms with E-state index in [9.17, 15) is 4.79 Å². The number of rotatable bonds is 7. The highest BCUT2D eigenvalue weighted by atomic mass is 32.2. The maximum absolute atomic E-state index is 12.5. The third-order valence-electron chi connectivity index (χ3n) is 4.35. The van der Waals surface area contributed by atoms with Crippen molar-refractivity contribution in [2.24, 2.45) is 0 Å². The average Bonchev–Trinajstić information content (AvgIpc) is 3.27. The van der Waals surface area contributed by atoms with Crippen LogP contribution in [0.3, 0.4) is 0 Å². The maximum Gasteiger partial charge on any atom is 0.255 e. The number of carbonyl (C=O) groups is 1. The van der Waals surface area contributed by atoms with Gasteiger partial charge < -0.3 is 10.1 Å². The van der Waals surface area contributed by atoms with Crippen LogP contribution in [0.25, 0.3) is 5.69 Å². The first-order valence-electron chi connectivity index (χ1n) is 9.24. The topological polar surface area (TPSA) is 81.9 Å². The third-order valence-corrected chi connectivity index (χ3v) is 5.34. The lowest BCUT2D eigenvalue weighted by atomic mass is 10.2. The molecule has 0 saturated carbocycles. The molecule has 1 N–H and O–H groups in total. The second kappa shape index (κ2) is 9.23. The fraction of sp³-hybridized carbons (Fsp3) is 0.0909. The van der Waals surface area contributed by atoms with Crippen molar-refractivity contribution in [3.05, 3.63) is 90.3 Å². The molecule has 4 aromatic rings. The van der Waals surface area contributed by atoms with Crippen LogP contribution in [0.5, 0.6) is 5.75 Å². The van der Waals surface area contributed by atoms with Crippen molar-refractivity contribution in [3.63, 3.8) is 0 Å². The first kappa shape index (κ1) is 19.7. The van der Waals surface area contributed by atoms with Crippen LogP contribution in [-0.2, 0) is 5.75 Å². The van der Waals surface area contributed by atoms with Gasteiger partial charge in [-0.05, 0) is 65.0 Å². The number of amides is 1. The van der Waals surface area contributed by atoms with Crippen LogP contribution in [-0.4, -0.2) is 33.2 Å². The summed E-state index contributed by atoms with van der Waals surface area (Å²) in [6.45, 7) is 0. The number of anilines is 1. The van der Waals surface area contributed by atoms with Gasteiger partial charge in [-0.15, -0.1) is 16.9 Å². The Kier molecular flexibility index (Phi) is 6.05. The molecule has 0 atom stereocenters. The number of ether oxygens (including phenoxy) is 1. The molecule has 0 spiro atoms. The number of hydrogen-bond acceptors (Lipinski definition) is 6. The fourth-order valence-corrected chi connectivity index (χ4v) is 3.68. The van der Waals surface area contributed by atoms with Crippen LogP contribution in [0.15, 0.2) is 83.8 Å². The van der Waals surface area contributed by atoms with Gasteiger partial charge >= 0.3 is 0 Å². The number of tetrazole rings is 1. The van der Waals surface area contributed by atoms with Gasteiger partial charge in [0.15, 0.2) is 5.82 Å². The van der Waals surface area contributed by atoms with Crippen LogP contribution < -0.4 is 10.1 Å². The standard InChI is InChI=1S/C22H19N5O2S/c1-29-19-12-10-16(11-13-19)22(28)23-17-6-5-9-20(14-17)30-15-21-24-25-26-27(21)18-7-3-2-4-8-18/h2-14H,15H2,1H3,(H,23,28). The highest BCUT2D eigenvalue weighted by molar-refractivity contribution is 7.98. The Labute approximate surface area is 178 Å². The van der Waals surface area contributed by atoms with Crippen LogP contribution in [0.4, 0.5) is 5.69 Å². The molecule has 0 radical (unpaired) electrons. The van der Waals surface area contributed by atoms with Gasteiger partial charge in [0, 0.05) is 16.1 Å². The van der Waals surface area contributed by atoms with E-state index in [2.05, 4.69) is 20.8 Å². The first-order chi connectivity index (χ1) is 14.7. The van der Waals surface area contributed by atoms with Gasteiger partial charge in [-0.3, -0.25) is 4.79 Å². The van der Waals surface area contributed by atoms with Crippen molar-refractivity contribution in [3.8, 4) is 11.4 Å². The normalized spacial score (nSPS) is 10.6. The molecule has 0 unspecified atom stereocenters. The molecule has 0 aliphatic carbocycles. The highest BCUT2D eigenvalue weighted by Crippen LogP contribution is 2.25. The molecule has 1 heterocycles. The minimum atomic E-state index is -0.173. The first-order valence-corrected chi connectivity index (χ1v) is 10.2. The van der Waals surface area contributed by atoms with E-state index in [1.54, 1.807) is 47.8 Å². The predicted octanol–water partition coefficient (Wildman–Crippen LogP) is 4.22. The van der Waals surface area contributed by atoms with Crippen LogP contribution in [0, 0.1) is 0 Å². The van der Waals surface area contributed by atoms with Crippen molar-refractivity contribution in [2.75, 3.05) is 12.4 Å². The molecule has 30 heavy (non-hydrogen) atoms. The Hall–Kier alpha value is -3.65. The number of nitrogens with one attached hydrogen (secondary N) is 1. The lowest BCUT2D eigenvalue weighted by Gasteiger charge is -2.08. The molecule has 0 bridgehead atoms. The summed E-state index contributed by atoms with van der Waals surface area (Å²) in [5.41, 5.74) is 2.21. The smallest absolute Gasteiger partial charge is 0.255 e. The lowest BCUT2D eigenvalue weighted by molar-refractivity contribution is 0.102. The summed E-state index contributed by atoms with van der Waals surface area (Å²) in [7, 11) is 1.59. The van der Waals surface area contributed by atoms with E-state index in [1.807, 2.05) is 54.6 Å². The summed E-state index contributed by atoms with van der Waals surface area (Å²) in [5, 5.41) is 14.9. The zero-order valence-corrected chi connectivity index (χ0v) is 17.0. The number of methoxy groups -OCH3 is 1. The molecule has 3 aromatic carbocycles. The van der Waals surface area contributed by atoms with Crippen molar-refractivity contribution >= 4 is 23.4 Å². The van der Waals surface area contributed by atoms with Gasteiger partial charge in [0.1, 0.15) is 5.75 Å². The highest BCUT2D eigenvalue weighted by Gasteiger charge is 2.10. The number of nitrogens with zero attached hydrogens (tertiary/aromatic N) is 4. The van der Waals surface area contributed by atoms with E-state index < -0.39 is 0 Å². The summed E-state index contributed by atoms with van der Waals surface area (Å²) < 4.78 is 6.85. The SMILES string of the molecule is COc1ccc(C(=O)Nc2cccc(SCc3nnnn3-c3ccccc3)c2)cc1. The second-order valence-corrected chi connectivity index (χ2v) is 7.39. The predicted molar refractivity (Wildman–Crippen MR) is 116 cm³/mol. The Morgan fingerprint density at radius 2 is 1.83 bits per heavy atom. The van der Waals surface area contributed by atoms with Gasteiger partial charge in [0.05, 0.1) is 18.6 Å². The molecular formula is C22H19N5O2S. The molecule has 0 aliphatic rings. The second-order valence-electron chi connectivity index (χ2n) is 6.34. The number of aromatic nitrogens is 4. The fourth-order valence-electron chi connectivity index (χ4n) is 2.82. The minimum Gasteiger partial charge on any atom is -0.497 e. The van der Waals surface area contributed by atoms with E-state index in [4.69, 9.17) is 4.74 Å². The van der Waals surface area contributed by atoms with Gasteiger partial charge in [-0.2, -0.15) is 4.68 Å². The average molecular weight is 417 g/mol. The lowest BCUT2D eigenvalue weighted by Crippen LogP contribution is -2.11. The summed E-state index contributed by atoms with van der Waals surface area (Å²) in [5.74, 6) is 1.88. The number of benzene rings is 3. The Balaban J connectivity index is 1.42. The summed E-state index contributed by atoms with van der Waals surface area (Å²) >= 11 is 1.60. The van der Waals surface area contributed by atoms with Gasteiger partial charge in [0.25, 0.3) is 5.91 Å². The minimum absolute atomic E-state index is 0.173. The van der Waals surface area contributed by atoms with Crippen molar-refractivity contribution < 1.29 is 9.53 Å². The number of thioether (sulfide) groups is 1. The third kappa shape index (κ3) is 4.66. The van der Waals surface area contributed by atoms with E-state index in [-0.39, 0.29) is 5.91 Å². The molecule has 0 fully saturated rings. The molecule has 0 saturated heterocycles. The number of para-hydroxylation sites is 1. The van der Waals surface area contributed by atoms with Crippen LogP contribution >= 0.6 is 11.8 Å². The Morgan fingerprint density at radius 3 is 2.60 bits per heavy atom. The van der Waals surface area contributed by atoms with E-state index in [0.717, 1.165) is 22.1 Å².